The highest BCUT2D eigenvalue weighted by Crippen LogP contribution is 2.10. The minimum absolute atomic E-state index is 0.620. The van der Waals surface area contributed by atoms with E-state index in [0.717, 1.165) is 12.1 Å². The third-order valence-electron chi connectivity index (χ3n) is 1.69. The van der Waals surface area contributed by atoms with E-state index in [9.17, 15) is 0 Å². The number of allylic oxidation sites excluding steroid dienone is 3. The van der Waals surface area contributed by atoms with E-state index in [1.807, 2.05) is 18.4 Å². The summed E-state index contributed by atoms with van der Waals surface area (Å²) in [5.41, 5.74) is 16.8. The molecule has 0 aromatic heterocycles. The van der Waals surface area contributed by atoms with Crippen LogP contribution in [0.3, 0.4) is 0 Å². The molecule has 1 aliphatic rings. The second-order valence-electron chi connectivity index (χ2n) is 3.05. The fourth-order valence-electron chi connectivity index (χ4n) is 0.962. The van der Waals surface area contributed by atoms with Crippen molar-refractivity contribution in [1.82, 2.24) is 5.32 Å². The highest BCUT2D eigenvalue weighted by molar-refractivity contribution is 5.39. The smallest absolute Gasteiger partial charge is 0.103 e. The molecule has 0 aromatic carbocycles. The summed E-state index contributed by atoms with van der Waals surface area (Å²) in [5, 5.41) is 3.06. The first-order chi connectivity index (χ1) is 6.14. The summed E-state index contributed by atoms with van der Waals surface area (Å²) in [4.78, 5) is 0. The van der Waals surface area contributed by atoms with Crippen molar-refractivity contribution in [2.45, 2.75) is 5.66 Å². The van der Waals surface area contributed by atoms with E-state index >= 15 is 0 Å². The predicted molar refractivity (Wildman–Crippen MR) is 54.5 cm³/mol. The SMILES string of the molecule is NCCNC=C1C=CC(N)(N)C=C1. The first-order valence-corrected chi connectivity index (χ1v) is 4.24. The molecule has 0 saturated heterocycles. The summed E-state index contributed by atoms with van der Waals surface area (Å²) in [6.45, 7) is 1.39. The third-order valence-corrected chi connectivity index (χ3v) is 1.69. The quantitative estimate of drug-likeness (QED) is 0.337. The van der Waals surface area contributed by atoms with Gasteiger partial charge in [-0.15, -0.1) is 0 Å². The van der Waals surface area contributed by atoms with E-state index in [1.165, 1.54) is 0 Å². The Kier molecular flexibility index (Phi) is 3.25. The summed E-state index contributed by atoms with van der Waals surface area (Å²) in [6.07, 6.45) is 9.15. The molecule has 0 spiro atoms. The lowest BCUT2D eigenvalue weighted by Gasteiger charge is -2.18. The summed E-state index contributed by atoms with van der Waals surface area (Å²) in [6, 6.07) is 0. The van der Waals surface area contributed by atoms with Crippen molar-refractivity contribution in [2.75, 3.05) is 13.1 Å². The van der Waals surface area contributed by atoms with Crippen LogP contribution >= 0.6 is 0 Å². The molecule has 1 aliphatic carbocycles. The molecule has 7 N–H and O–H groups in total. The van der Waals surface area contributed by atoms with Crippen molar-refractivity contribution in [2.24, 2.45) is 17.2 Å². The van der Waals surface area contributed by atoms with Crippen molar-refractivity contribution in [1.29, 1.82) is 0 Å². The molecule has 0 heterocycles. The van der Waals surface area contributed by atoms with E-state index in [-0.39, 0.29) is 0 Å². The minimum Gasteiger partial charge on any atom is -0.389 e. The van der Waals surface area contributed by atoms with Gasteiger partial charge in [0.25, 0.3) is 0 Å². The van der Waals surface area contributed by atoms with Crippen LogP contribution in [0, 0.1) is 0 Å². The molecule has 4 nitrogen and oxygen atoms in total. The highest BCUT2D eigenvalue weighted by atomic mass is 14.9. The molecule has 0 unspecified atom stereocenters. The molecular formula is C9H16N4. The second-order valence-corrected chi connectivity index (χ2v) is 3.05. The molecular weight excluding hydrogens is 164 g/mol. The maximum Gasteiger partial charge on any atom is 0.103 e. The number of nitrogens with two attached hydrogens (primary N) is 3. The van der Waals surface area contributed by atoms with E-state index in [1.54, 1.807) is 12.2 Å². The predicted octanol–water partition coefficient (Wildman–Crippen LogP) is -0.842. The topological polar surface area (TPSA) is 90.1 Å². The first-order valence-electron chi connectivity index (χ1n) is 4.24. The summed E-state index contributed by atoms with van der Waals surface area (Å²) in [7, 11) is 0. The molecule has 0 aliphatic heterocycles. The number of nitrogens with one attached hydrogen (secondary N) is 1. The zero-order chi connectivity index (χ0) is 9.73. The Labute approximate surface area is 78.2 Å². The van der Waals surface area contributed by atoms with Gasteiger partial charge >= 0.3 is 0 Å². The van der Waals surface area contributed by atoms with Crippen LogP contribution < -0.4 is 22.5 Å². The van der Waals surface area contributed by atoms with Gasteiger partial charge in [-0.25, -0.2) is 0 Å². The molecule has 0 amide bonds. The van der Waals surface area contributed by atoms with Gasteiger partial charge in [-0.2, -0.15) is 0 Å². The average Bonchev–Trinajstić information content (AvgIpc) is 2.08. The van der Waals surface area contributed by atoms with Crippen molar-refractivity contribution < 1.29 is 0 Å². The van der Waals surface area contributed by atoms with Crippen LogP contribution in [0.15, 0.2) is 36.1 Å². The maximum atomic E-state index is 5.63. The van der Waals surface area contributed by atoms with Gasteiger partial charge in [0.15, 0.2) is 0 Å². The second kappa shape index (κ2) is 4.23. The third kappa shape index (κ3) is 3.42. The van der Waals surface area contributed by atoms with Crippen LogP contribution in [-0.2, 0) is 0 Å². The van der Waals surface area contributed by atoms with Gasteiger partial charge in [0.1, 0.15) is 5.66 Å². The van der Waals surface area contributed by atoms with Gasteiger partial charge in [-0.3, -0.25) is 0 Å². The van der Waals surface area contributed by atoms with Crippen LogP contribution in [0.1, 0.15) is 0 Å². The Balaban J connectivity index is 2.49. The molecule has 1 rings (SSSR count). The van der Waals surface area contributed by atoms with Crippen LogP contribution in [0.5, 0.6) is 0 Å². The van der Waals surface area contributed by atoms with Gasteiger partial charge in [0.05, 0.1) is 0 Å². The lowest BCUT2D eigenvalue weighted by Crippen LogP contribution is -2.45. The number of hydrogen-bond donors (Lipinski definition) is 4. The molecule has 72 valence electrons. The molecule has 0 saturated carbocycles. The Bertz CT molecular complexity index is 232. The fourth-order valence-corrected chi connectivity index (χ4v) is 0.962. The number of rotatable bonds is 3. The molecule has 13 heavy (non-hydrogen) atoms. The van der Waals surface area contributed by atoms with Crippen molar-refractivity contribution in [3.8, 4) is 0 Å². The van der Waals surface area contributed by atoms with Crippen molar-refractivity contribution in [3.05, 3.63) is 36.1 Å². The van der Waals surface area contributed by atoms with E-state index in [2.05, 4.69) is 5.32 Å². The molecule has 0 aromatic rings. The largest absolute Gasteiger partial charge is 0.389 e. The van der Waals surface area contributed by atoms with E-state index in [4.69, 9.17) is 17.2 Å². The van der Waals surface area contributed by atoms with Gasteiger partial charge in [0.2, 0.25) is 0 Å². The maximum absolute atomic E-state index is 5.63. The average molecular weight is 180 g/mol. The molecule has 0 fully saturated rings. The first kappa shape index (κ1) is 9.98. The van der Waals surface area contributed by atoms with Crippen molar-refractivity contribution >= 4 is 0 Å². The molecule has 0 bridgehead atoms. The van der Waals surface area contributed by atoms with Gasteiger partial charge < -0.3 is 22.5 Å². The molecule has 4 heteroatoms. The summed E-state index contributed by atoms with van der Waals surface area (Å²) < 4.78 is 0. The zero-order valence-electron chi connectivity index (χ0n) is 7.53. The Morgan fingerprint density at radius 2 is 1.92 bits per heavy atom. The van der Waals surface area contributed by atoms with Crippen LogP contribution in [-0.4, -0.2) is 18.8 Å². The van der Waals surface area contributed by atoms with Crippen LogP contribution in [0.25, 0.3) is 0 Å². The van der Waals surface area contributed by atoms with E-state index in [0.29, 0.717) is 6.54 Å². The lowest BCUT2D eigenvalue weighted by molar-refractivity contribution is 0.688. The fraction of sp³-hybridized carbons (Fsp3) is 0.333. The number of hydrogen-bond acceptors (Lipinski definition) is 4. The Morgan fingerprint density at radius 3 is 2.46 bits per heavy atom. The normalized spacial score (nSPS) is 18.8. The Morgan fingerprint density at radius 1 is 1.31 bits per heavy atom. The Hall–Kier alpha value is -1.10. The summed E-state index contributed by atoms with van der Waals surface area (Å²) >= 11 is 0. The minimum atomic E-state index is -0.800. The van der Waals surface area contributed by atoms with Gasteiger partial charge in [-0.1, -0.05) is 12.2 Å². The monoisotopic (exact) mass is 180 g/mol. The molecule has 0 atom stereocenters. The van der Waals surface area contributed by atoms with Crippen molar-refractivity contribution in [3.63, 3.8) is 0 Å². The molecule has 0 radical (unpaired) electrons. The van der Waals surface area contributed by atoms with Crippen LogP contribution in [0.2, 0.25) is 0 Å². The zero-order valence-corrected chi connectivity index (χ0v) is 7.53. The van der Waals surface area contributed by atoms with E-state index < -0.39 is 5.66 Å². The van der Waals surface area contributed by atoms with Gasteiger partial charge in [0, 0.05) is 19.3 Å². The highest BCUT2D eigenvalue weighted by Gasteiger charge is 2.12. The standard InChI is InChI=1S/C9H16N4/c10-5-6-13-7-8-1-3-9(11,12)4-2-8/h1-4,7,13H,5-6,10-12H2. The summed E-state index contributed by atoms with van der Waals surface area (Å²) in [5.74, 6) is 0. The van der Waals surface area contributed by atoms with Crippen LogP contribution in [0.4, 0.5) is 0 Å². The lowest BCUT2D eigenvalue weighted by atomic mass is 10.0. The van der Waals surface area contributed by atoms with Gasteiger partial charge in [-0.05, 0) is 17.7 Å².